The Bertz CT molecular complexity index is 914. The van der Waals surface area contributed by atoms with Crippen LogP contribution in [-0.2, 0) is 13.0 Å². The van der Waals surface area contributed by atoms with Crippen LogP contribution in [0.1, 0.15) is 11.1 Å². The molecule has 2 heterocycles. The summed E-state index contributed by atoms with van der Waals surface area (Å²) < 4.78 is 7.23. The number of nitrogen functional groups attached to an aromatic ring is 1. The summed E-state index contributed by atoms with van der Waals surface area (Å²) in [5, 5.41) is 10.7. The van der Waals surface area contributed by atoms with E-state index in [1.165, 1.54) is 24.4 Å². The Hall–Kier alpha value is -2.72. The number of rotatable bonds is 5. The van der Waals surface area contributed by atoms with Gasteiger partial charge in [-0.15, -0.1) is 0 Å². The lowest BCUT2D eigenvalue weighted by atomic mass is 10.1. The monoisotopic (exact) mass is 339 g/mol. The molecule has 0 unspecified atom stereocenters. The predicted octanol–water partition coefficient (Wildman–Crippen LogP) is 2.86. The first kappa shape index (κ1) is 16.1. The largest absolute Gasteiger partial charge is 0.480 e. The van der Waals surface area contributed by atoms with E-state index in [1.54, 1.807) is 0 Å². The van der Waals surface area contributed by atoms with Crippen molar-refractivity contribution in [2.24, 2.45) is 0 Å². The van der Waals surface area contributed by atoms with E-state index in [0.717, 1.165) is 6.42 Å². The Balaban J connectivity index is 2.13. The van der Waals surface area contributed by atoms with Crippen molar-refractivity contribution in [1.82, 2.24) is 14.5 Å². The molecule has 3 aromatic rings. The second-order valence-electron chi connectivity index (χ2n) is 5.18. The lowest BCUT2D eigenvalue weighted by Crippen LogP contribution is -2.07. The van der Waals surface area contributed by atoms with E-state index in [2.05, 4.69) is 28.2 Å². The van der Waals surface area contributed by atoms with Crippen LogP contribution < -0.4 is 10.5 Å². The maximum absolute atomic E-state index is 9.50. The number of aromatic nitrogens is 3. The summed E-state index contributed by atoms with van der Waals surface area (Å²) in [5.74, 6) is 0.778. The minimum absolute atomic E-state index is 0.363. The molecule has 2 N–H and O–H groups in total. The van der Waals surface area contributed by atoms with Gasteiger partial charge in [-0.3, -0.25) is 0 Å². The normalized spacial score (nSPS) is 10.7. The average molecular weight is 339 g/mol. The van der Waals surface area contributed by atoms with Crippen LogP contribution in [0.15, 0.2) is 35.5 Å². The Kier molecular flexibility index (Phi) is 4.58. The molecule has 0 saturated heterocycles. The first-order valence-corrected chi connectivity index (χ1v) is 8.63. The molecule has 0 fully saturated rings. The molecule has 7 heteroatoms. The summed E-state index contributed by atoms with van der Waals surface area (Å²) in [5.41, 5.74) is 8.41. The predicted molar refractivity (Wildman–Crippen MR) is 95.1 cm³/mol. The molecule has 0 amide bonds. The zero-order chi connectivity index (χ0) is 17.1. The van der Waals surface area contributed by atoms with Crippen LogP contribution in [0.25, 0.3) is 11.0 Å². The lowest BCUT2D eigenvalue weighted by Gasteiger charge is -2.08. The Labute approximate surface area is 144 Å². The number of aryl methyl sites for hydroxylation is 2. The van der Waals surface area contributed by atoms with Gasteiger partial charge in [-0.05, 0) is 18.2 Å². The van der Waals surface area contributed by atoms with Crippen molar-refractivity contribution in [2.45, 2.75) is 18.1 Å². The first-order valence-electron chi connectivity index (χ1n) is 7.41. The highest BCUT2D eigenvalue weighted by Crippen LogP contribution is 2.34. The molecular weight excluding hydrogens is 322 g/mol. The number of benzene rings is 1. The molecule has 0 radical (unpaired) electrons. The summed E-state index contributed by atoms with van der Waals surface area (Å²) in [6, 6.07) is 12.3. The average Bonchev–Trinajstić information content (AvgIpc) is 2.90. The smallest absolute Gasteiger partial charge is 0.228 e. The molecule has 0 atom stereocenters. The van der Waals surface area contributed by atoms with Gasteiger partial charge < -0.3 is 15.0 Å². The lowest BCUT2D eigenvalue weighted by molar-refractivity contribution is 0.398. The van der Waals surface area contributed by atoms with Crippen LogP contribution in [0.3, 0.4) is 0 Å². The number of ether oxygens (including phenoxy) is 1. The van der Waals surface area contributed by atoms with Crippen LogP contribution in [0, 0.1) is 11.3 Å². The molecule has 3 rings (SSSR count). The summed E-state index contributed by atoms with van der Waals surface area (Å²) >= 11 is 1.42. The third-order valence-electron chi connectivity index (χ3n) is 3.84. The third-order valence-corrected chi connectivity index (χ3v) is 4.39. The van der Waals surface area contributed by atoms with Crippen LogP contribution in [0.4, 0.5) is 5.82 Å². The van der Waals surface area contributed by atoms with Gasteiger partial charge in [0, 0.05) is 6.54 Å². The number of nitriles is 1. The highest BCUT2D eigenvalue weighted by Gasteiger charge is 2.22. The second kappa shape index (κ2) is 6.81. The standard InChI is InChI=1S/C17H17N5OS/c1-23-16-13-12(10-18)14(19)22(15(13)20-17(21-16)24-2)9-8-11-6-4-3-5-7-11/h3-7H,8-9,19H2,1-2H3. The second-order valence-corrected chi connectivity index (χ2v) is 5.95. The van der Waals surface area contributed by atoms with Crippen molar-refractivity contribution in [3.05, 3.63) is 41.5 Å². The van der Waals surface area contributed by atoms with Gasteiger partial charge in [0.05, 0.1) is 7.11 Å². The van der Waals surface area contributed by atoms with Crippen molar-refractivity contribution in [3.63, 3.8) is 0 Å². The number of hydrogen-bond acceptors (Lipinski definition) is 6. The van der Waals surface area contributed by atoms with Crippen molar-refractivity contribution in [2.75, 3.05) is 19.1 Å². The van der Waals surface area contributed by atoms with E-state index < -0.39 is 0 Å². The van der Waals surface area contributed by atoms with Gasteiger partial charge in [0.25, 0.3) is 0 Å². The molecule has 0 spiro atoms. The number of fused-ring (bicyclic) bond motifs is 1. The zero-order valence-corrected chi connectivity index (χ0v) is 14.3. The number of nitrogens with two attached hydrogens (primary N) is 1. The van der Waals surface area contributed by atoms with Gasteiger partial charge in [0.15, 0.2) is 10.8 Å². The van der Waals surface area contributed by atoms with E-state index in [4.69, 9.17) is 10.5 Å². The van der Waals surface area contributed by atoms with Gasteiger partial charge in [-0.25, -0.2) is 4.98 Å². The van der Waals surface area contributed by atoms with Crippen LogP contribution >= 0.6 is 11.8 Å². The van der Waals surface area contributed by atoms with E-state index in [0.29, 0.717) is 40.0 Å². The quantitative estimate of drug-likeness (QED) is 0.568. The minimum Gasteiger partial charge on any atom is -0.480 e. The third kappa shape index (κ3) is 2.76. The molecule has 2 aromatic heterocycles. The molecular formula is C17H17N5OS. The van der Waals surface area contributed by atoms with E-state index in [1.807, 2.05) is 29.0 Å². The fourth-order valence-corrected chi connectivity index (χ4v) is 3.02. The minimum atomic E-state index is 0.363. The molecule has 0 aliphatic heterocycles. The maximum Gasteiger partial charge on any atom is 0.228 e. The molecule has 0 bridgehead atoms. The zero-order valence-electron chi connectivity index (χ0n) is 13.5. The summed E-state index contributed by atoms with van der Waals surface area (Å²) in [7, 11) is 1.53. The van der Waals surface area contributed by atoms with Gasteiger partial charge in [-0.2, -0.15) is 10.2 Å². The van der Waals surface area contributed by atoms with Gasteiger partial charge in [-0.1, -0.05) is 42.1 Å². The van der Waals surface area contributed by atoms with Crippen molar-refractivity contribution < 1.29 is 4.74 Å². The summed E-state index contributed by atoms with van der Waals surface area (Å²) in [6.45, 7) is 0.627. The van der Waals surface area contributed by atoms with Gasteiger partial charge in [0.1, 0.15) is 22.8 Å². The van der Waals surface area contributed by atoms with Gasteiger partial charge >= 0.3 is 0 Å². The van der Waals surface area contributed by atoms with Gasteiger partial charge in [0.2, 0.25) is 5.88 Å². The Morgan fingerprint density at radius 3 is 2.67 bits per heavy atom. The molecule has 6 nitrogen and oxygen atoms in total. The maximum atomic E-state index is 9.50. The Morgan fingerprint density at radius 2 is 2.04 bits per heavy atom. The number of anilines is 1. The van der Waals surface area contributed by atoms with Crippen LogP contribution in [0.5, 0.6) is 5.88 Å². The first-order chi connectivity index (χ1) is 11.7. The van der Waals surface area contributed by atoms with Crippen LogP contribution in [-0.4, -0.2) is 27.9 Å². The Morgan fingerprint density at radius 1 is 1.29 bits per heavy atom. The number of methoxy groups -OCH3 is 1. The highest BCUT2D eigenvalue weighted by atomic mass is 32.2. The molecule has 0 aliphatic rings. The van der Waals surface area contributed by atoms with E-state index >= 15 is 0 Å². The topological polar surface area (TPSA) is 89.8 Å². The van der Waals surface area contributed by atoms with Crippen molar-refractivity contribution in [3.8, 4) is 11.9 Å². The fourth-order valence-electron chi connectivity index (χ4n) is 2.67. The number of nitrogens with zero attached hydrogens (tertiary/aromatic N) is 4. The summed E-state index contributed by atoms with van der Waals surface area (Å²) in [6.07, 6.45) is 2.69. The van der Waals surface area contributed by atoms with Crippen molar-refractivity contribution >= 4 is 28.6 Å². The fraction of sp³-hybridized carbons (Fsp3) is 0.235. The van der Waals surface area contributed by atoms with E-state index in [9.17, 15) is 5.26 Å². The molecule has 0 aliphatic carbocycles. The van der Waals surface area contributed by atoms with Crippen LogP contribution in [0.2, 0.25) is 0 Å². The molecule has 1 aromatic carbocycles. The van der Waals surface area contributed by atoms with Crippen molar-refractivity contribution in [1.29, 1.82) is 5.26 Å². The molecule has 122 valence electrons. The number of hydrogen-bond donors (Lipinski definition) is 1. The number of thioether (sulfide) groups is 1. The SMILES string of the molecule is COc1nc(SC)nc2c1c(C#N)c(N)n2CCc1ccccc1. The molecule has 0 saturated carbocycles. The summed E-state index contributed by atoms with van der Waals surface area (Å²) in [4.78, 5) is 8.88. The van der Waals surface area contributed by atoms with E-state index in [-0.39, 0.29) is 0 Å². The highest BCUT2D eigenvalue weighted by molar-refractivity contribution is 7.98. The molecule has 24 heavy (non-hydrogen) atoms.